The highest BCUT2D eigenvalue weighted by molar-refractivity contribution is 6.43. The molecule has 19 heavy (non-hydrogen) atoms. The Morgan fingerprint density at radius 3 is 2.68 bits per heavy atom. The summed E-state index contributed by atoms with van der Waals surface area (Å²) < 4.78 is 4.96. The molecule has 5 heteroatoms. The molecule has 2 rings (SSSR count). The second-order valence-electron chi connectivity index (χ2n) is 3.91. The van der Waals surface area contributed by atoms with Gasteiger partial charge in [-0.15, -0.1) is 0 Å². The van der Waals surface area contributed by atoms with Gasteiger partial charge in [0.05, 0.1) is 17.2 Å². The lowest BCUT2D eigenvalue weighted by molar-refractivity contribution is 0.0993. The van der Waals surface area contributed by atoms with E-state index in [0.717, 1.165) is 5.56 Å². The summed E-state index contributed by atoms with van der Waals surface area (Å²) in [5.41, 5.74) is 1.21. The Bertz CT molecular complexity index is 597. The Morgan fingerprint density at radius 2 is 2.05 bits per heavy atom. The van der Waals surface area contributed by atoms with Crippen LogP contribution in [0.1, 0.15) is 15.9 Å². The molecule has 1 heterocycles. The zero-order valence-corrected chi connectivity index (χ0v) is 11.7. The van der Waals surface area contributed by atoms with E-state index in [1.807, 2.05) is 0 Å². The van der Waals surface area contributed by atoms with Gasteiger partial charge in [0.15, 0.2) is 5.78 Å². The van der Waals surface area contributed by atoms with E-state index in [-0.39, 0.29) is 17.2 Å². The molecule has 0 radical (unpaired) electrons. The SMILES string of the molecule is COc1ccc(CC(=O)c2cccc(Cl)c2Cl)cn1. The number of carbonyl (C=O) groups excluding carboxylic acids is 1. The zero-order chi connectivity index (χ0) is 13.8. The van der Waals surface area contributed by atoms with Crippen molar-refractivity contribution in [2.45, 2.75) is 6.42 Å². The van der Waals surface area contributed by atoms with Gasteiger partial charge >= 0.3 is 0 Å². The number of pyridine rings is 1. The summed E-state index contributed by atoms with van der Waals surface area (Å²) in [5.74, 6) is 0.413. The summed E-state index contributed by atoms with van der Waals surface area (Å²) in [4.78, 5) is 16.2. The third-order valence-corrected chi connectivity index (χ3v) is 3.44. The van der Waals surface area contributed by atoms with E-state index in [0.29, 0.717) is 16.5 Å². The van der Waals surface area contributed by atoms with Gasteiger partial charge in [-0.2, -0.15) is 0 Å². The lowest BCUT2D eigenvalue weighted by atomic mass is 10.0. The van der Waals surface area contributed by atoms with E-state index in [9.17, 15) is 4.79 Å². The molecule has 98 valence electrons. The minimum Gasteiger partial charge on any atom is -0.481 e. The minimum absolute atomic E-state index is 0.0977. The summed E-state index contributed by atoms with van der Waals surface area (Å²) in [6.07, 6.45) is 1.83. The first kappa shape index (κ1) is 13.8. The predicted octanol–water partition coefficient (Wildman–Crippen LogP) is 3.82. The molecule has 0 unspecified atom stereocenters. The molecule has 3 nitrogen and oxygen atoms in total. The predicted molar refractivity (Wildman–Crippen MR) is 75.3 cm³/mol. The van der Waals surface area contributed by atoms with Crippen LogP contribution in [0.4, 0.5) is 0 Å². The van der Waals surface area contributed by atoms with Crippen molar-refractivity contribution in [1.29, 1.82) is 0 Å². The number of Topliss-reactive ketones (excluding diaryl/α,β-unsaturated/α-hetero) is 1. The highest BCUT2D eigenvalue weighted by Gasteiger charge is 2.13. The van der Waals surface area contributed by atoms with Crippen molar-refractivity contribution in [1.82, 2.24) is 4.98 Å². The topological polar surface area (TPSA) is 39.2 Å². The third kappa shape index (κ3) is 3.25. The Morgan fingerprint density at radius 1 is 1.26 bits per heavy atom. The summed E-state index contributed by atoms with van der Waals surface area (Å²) >= 11 is 11.9. The van der Waals surface area contributed by atoms with Crippen LogP contribution >= 0.6 is 23.2 Å². The molecule has 0 aliphatic carbocycles. The zero-order valence-electron chi connectivity index (χ0n) is 10.2. The summed E-state index contributed by atoms with van der Waals surface area (Å²) in [7, 11) is 1.54. The monoisotopic (exact) mass is 295 g/mol. The largest absolute Gasteiger partial charge is 0.481 e. The van der Waals surface area contributed by atoms with E-state index < -0.39 is 0 Å². The van der Waals surface area contributed by atoms with Gasteiger partial charge in [0, 0.05) is 24.2 Å². The second-order valence-corrected chi connectivity index (χ2v) is 4.70. The molecule has 1 aromatic carbocycles. The highest BCUT2D eigenvalue weighted by Crippen LogP contribution is 2.26. The Balaban J connectivity index is 2.18. The van der Waals surface area contributed by atoms with Crippen LogP contribution in [-0.4, -0.2) is 17.9 Å². The van der Waals surface area contributed by atoms with Gasteiger partial charge in [0.25, 0.3) is 0 Å². The van der Waals surface area contributed by atoms with Gasteiger partial charge in [0.1, 0.15) is 0 Å². The normalized spacial score (nSPS) is 10.3. The molecule has 0 amide bonds. The molecule has 1 aromatic heterocycles. The molecule has 0 aliphatic heterocycles. The van der Waals surface area contributed by atoms with Crippen molar-refractivity contribution >= 4 is 29.0 Å². The van der Waals surface area contributed by atoms with E-state index in [4.69, 9.17) is 27.9 Å². The first-order valence-corrected chi connectivity index (χ1v) is 6.33. The van der Waals surface area contributed by atoms with Crippen LogP contribution in [0.2, 0.25) is 10.0 Å². The van der Waals surface area contributed by atoms with E-state index >= 15 is 0 Å². The van der Waals surface area contributed by atoms with Gasteiger partial charge < -0.3 is 4.74 Å². The molecule has 0 N–H and O–H groups in total. The Hall–Kier alpha value is -1.58. The Kier molecular flexibility index (Phi) is 4.40. The molecule has 0 atom stereocenters. The maximum Gasteiger partial charge on any atom is 0.212 e. The molecule has 0 aliphatic rings. The van der Waals surface area contributed by atoms with Crippen molar-refractivity contribution in [3.63, 3.8) is 0 Å². The van der Waals surface area contributed by atoms with E-state index in [1.54, 1.807) is 43.6 Å². The smallest absolute Gasteiger partial charge is 0.212 e. The van der Waals surface area contributed by atoms with Gasteiger partial charge in [-0.25, -0.2) is 4.98 Å². The molecule has 0 saturated heterocycles. The highest BCUT2D eigenvalue weighted by atomic mass is 35.5. The van der Waals surface area contributed by atoms with Crippen LogP contribution in [0.15, 0.2) is 36.5 Å². The molecule has 0 fully saturated rings. The number of methoxy groups -OCH3 is 1. The number of halogens is 2. The van der Waals surface area contributed by atoms with Crippen molar-refractivity contribution < 1.29 is 9.53 Å². The van der Waals surface area contributed by atoms with Crippen LogP contribution in [0.25, 0.3) is 0 Å². The molecule has 2 aromatic rings. The first-order chi connectivity index (χ1) is 9.11. The van der Waals surface area contributed by atoms with E-state index in [1.165, 1.54) is 0 Å². The van der Waals surface area contributed by atoms with Gasteiger partial charge in [-0.1, -0.05) is 35.3 Å². The van der Waals surface area contributed by atoms with Crippen molar-refractivity contribution in [2.24, 2.45) is 0 Å². The van der Waals surface area contributed by atoms with E-state index in [2.05, 4.69) is 4.98 Å². The van der Waals surface area contributed by atoms with Crippen LogP contribution in [-0.2, 0) is 6.42 Å². The quantitative estimate of drug-likeness (QED) is 0.805. The average molecular weight is 296 g/mol. The molecule has 0 bridgehead atoms. The fourth-order valence-electron chi connectivity index (χ4n) is 1.64. The lowest BCUT2D eigenvalue weighted by Gasteiger charge is -2.05. The maximum atomic E-state index is 12.1. The lowest BCUT2D eigenvalue weighted by Crippen LogP contribution is -2.05. The number of ether oxygens (including phenoxy) is 1. The van der Waals surface area contributed by atoms with Crippen LogP contribution in [0.3, 0.4) is 0 Å². The van der Waals surface area contributed by atoms with Crippen LogP contribution < -0.4 is 4.74 Å². The second kappa shape index (κ2) is 6.04. The van der Waals surface area contributed by atoms with Crippen molar-refractivity contribution in [3.05, 3.63) is 57.7 Å². The van der Waals surface area contributed by atoms with Gasteiger partial charge in [0.2, 0.25) is 5.88 Å². The average Bonchev–Trinajstić information content (AvgIpc) is 2.42. The molecule has 0 spiro atoms. The third-order valence-electron chi connectivity index (χ3n) is 2.62. The van der Waals surface area contributed by atoms with Crippen molar-refractivity contribution in [2.75, 3.05) is 7.11 Å². The number of ketones is 1. The minimum atomic E-state index is -0.0977. The maximum absolute atomic E-state index is 12.1. The fourth-order valence-corrected chi connectivity index (χ4v) is 2.04. The number of carbonyl (C=O) groups is 1. The first-order valence-electron chi connectivity index (χ1n) is 5.58. The number of nitrogens with zero attached hydrogens (tertiary/aromatic N) is 1. The summed E-state index contributed by atoms with van der Waals surface area (Å²) in [6.45, 7) is 0. The standard InChI is InChI=1S/C14H11Cl2NO2/c1-19-13-6-5-9(8-17-13)7-12(18)10-3-2-4-11(15)14(10)16/h2-6,8H,7H2,1H3. The molecular weight excluding hydrogens is 285 g/mol. The molecule has 0 saturated carbocycles. The Labute approximate surface area is 121 Å². The van der Waals surface area contributed by atoms with Gasteiger partial charge in [-0.05, 0) is 17.7 Å². The van der Waals surface area contributed by atoms with Crippen molar-refractivity contribution in [3.8, 4) is 5.88 Å². The van der Waals surface area contributed by atoms with Crippen LogP contribution in [0, 0.1) is 0 Å². The number of benzene rings is 1. The van der Waals surface area contributed by atoms with Crippen LogP contribution in [0.5, 0.6) is 5.88 Å². The molecular formula is C14H11Cl2NO2. The fraction of sp³-hybridized carbons (Fsp3) is 0.143. The summed E-state index contributed by atoms with van der Waals surface area (Å²) in [5, 5.41) is 0.663. The number of rotatable bonds is 4. The number of hydrogen-bond donors (Lipinski definition) is 0. The number of hydrogen-bond acceptors (Lipinski definition) is 3. The summed E-state index contributed by atoms with van der Waals surface area (Å²) in [6, 6.07) is 8.52. The number of aromatic nitrogens is 1. The van der Waals surface area contributed by atoms with Gasteiger partial charge in [-0.3, -0.25) is 4.79 Å².